The number of hydrazone groups is 1. The quantitative estimate of drug-likeness (QED) is 0.394. The van der Waals surface area contributed by atoms with Crippen molar-refractivity contribution in [2.45, 2.75) is 0 Å². The fourth-order valence-corrected chi connectivity index (χ4v) is 2.78. The van der Waals surface area contributed by atoms with Gasteiger partial charge in [0.15, 0.2) is 11.5 Å². The zero-order valence-electron chi connectivity index (χ0n) is 16.2. The summed E-state index contributed by atoms with van der Waals surface area (Å²) in [7, 11) is 1.39. The summed E-state index contributed by atoms with van der Waals surface area (Å²) in [6.07, 6.45) is 1.35. The Morgan fingerprint density at radius 2 is 1.65 bits per heavy atom. The molecule has 0 aromatic heterocycles. The molecule has 158 valence electrons. The second-order valence-corrected chi connectivity index (χ2v) is 6.70. The molecule has 7 nitrogen and oxygen atoms in total. The third kappa shape index (κ3) is 5.58. The molecular formula is C22H17ClFN3O4. The number of benzene rings is 3. The predicted octanol–water partition coefficient (Wildman–Crippen LogP) is 4.21. The van der Waals surface area contributed by atoms with E-state index in [1.807, 2.05) is 0 Å². The topological polar surface area (TPSA) is 100 Å². The Kier molecular flexibility index (Phi) is 6.84. The first-order valence-electron chi connectivity index (χ1n) is 8.94. The van der Waals surface area contributed by atoms with Crippen molar-refractivity contribution in [3.8, 4) is 11.5 Å². The molecule has 0 atom stereocenters. The Morgan fingerprint density at radius 1 is 1.03 bits per heavy atom. The van der Waals surface area contributed by atoms with E-state index in [9.17, 15) is 19.1 Å². The first-order chi connectivity index (χ1) is 14.9. The van der Waals surface area contributed by atoms with Crippen molar-refractivity contribution in [3.63, 3.8) is 0 Å². The van der Waals surface area contributed by atoms with Crippen LogP contribution in [0.4, 0.5) is 10.1 Å². The number of ether oxygens (including phenoxy) is 1. The van der Waals surface area contributed by atoms with Crippen LogP contribution < -0.4 is 15.5 Å². The van der Waals surface area contributed by atoms with Crippen LogP contribution in [0.1, 0.15) is 26.3 Å². The number of amides is 2. The third-order valence-corrected chi connectivity index (χ3v) is 4.45. The van der Waals surface area contributed by atoms with Crippen molar-refractivity contribution in [1.82, 2.24) is 5.43 Å². The molecule has 3 aromatic carbocycles. The molecule has 0 spiro atoms. The fraction of sp³-hybridized carbons (Fsp3) is 0.0455. The molecule has 0 fully saturated rings. The number of carbonyl (C=O) groups excluding carboxylic acids is 2. The van der Waals surface area contributed by atoms with Gasteiger partial charge in [0.2, 0.25) is 0 Å². The van der Waals surface area contributed by atoms with Gasteiger partial charge in [-0.1, -0.05) is 11.6 Å². The minimum Gasteiger partial charge on any atom is -0.503 e. The lowest BCUT2D eigenvalue weighted by Gasteiger charge is -2.07. The molecular weight excluding hydrogens is 425 g/mol. The first kappa shape index (κ1) is 21.8. The zero-order valence-corrected chi connectivity index (χ0v) is 17.0. The lowest BCUT2D eigenvalue weighted by Crippen LogP contribution is -2.18. The van der Waals surface area contributed by atoms with Gasteiger partial charge in [0.05, 0.1) is 18.3 Å². The van der Waals surface area contributed by atoms with Crippen LogP contribution in [0.15, 0.2) is 65.8 Å². The number of phenolic OH excluding ortho intramolecular Hbond substituents is 1. The highest BCUT2D eigenvalue weighted by atomic mass is 35.5. The molecule has 3 N–H and O–H groups in total. The van der Waals surface area contributed by atoms with Gasteiger partial charge in [0.25, 0.3) is 11.8 Å². The van der Waals surface area contributed by atoms with E-state index in [0.717, 1.165) is 0 Å². The van der Waals surface area contributed by atoms with Crippen LogP contribution in [0.25, 0.3) is 0 Å². The van der Waals surface area contributed by atoms with E-state index in [4.69, 9.17) is 16.3 Å². The molecule has 0 aliphatic heterocycles. The maximum absolute atomic E-state index is 12.9. The highest BCUT2D eigenvalue weighted by molar-refractivity contribution is 6.32. The van der Waals surface area contributed by atoms with Crippen molar-refractivity contribution in [3.05, 3.63) is 88.2 Å². The molecule has 0 unspecified atom stereocenters. The summed E-state index contributed by atoms with van der Waals surface area (Å²) in [4.78, 5) is 24.4. The summed E-state index contributed by atoms with van der Waals surface area (Å²) in [6.45, 7) is 0. The predicted molar refractivity (Wildman–Crippen MR) is 116 cm³/mol. The van der Waals surface area contributed by atoms with Crippen molar-refractivity contribution in [2.24, 2.45) is 5.10 Å². The van der Waals surface area contributed by atoms with Gasteiger partial charge in [-0.2, -0.15) is 5.10 Å². The number of aromatic hydroxyl groups is 1. The highest BCUT2D eigenvalue weighted by Gasteiger charge is 2.09. The average Bonchev–Trinajstić information content (AvgIpc) is 2.76. The lowest BCUT2D eigenvalue weighted by molar-refractivity contribution is 0.0954. The Labute approximate surface area is 182 Å². The van der Waals surface area contributed by atoms with E-state index in [1.54, 1.807) is 12.1 Å². The van der Waals surface area contributed by atoms with Crippen molar-refractivity contribution in [2.75, 3.05) is 12.4 Å². The van der Waals surface area contributed by atoms with Crippen LogP contribution in [0.5, 0.6) is 11.5 Å². The van der Waals surface area contributed by atoms with E-state index in [-0.39, 0.29) is 16.5 Å². The van der Waals surface area contributed by atoms with E-state index in [0.29, 0.717) is 22.4 Å². The molecule has 0 heterocycles. The number of hydrogen-bond donors (Lipinski definition) is 3. The van der Waals surface area contributed by atoms with Gasteiger partial charge in [0, 0.05) is 16.8 Å². The number of halogens is 2. The number of hydrogen-bond acceptors (Lipinski definition) is 5. The number of nitrogens with zero attached hydrogens (tertiary/aromatic N) is 1. The Balaban J connectivity index is 1.60. The molecule has 0 aliphatic carbocycles. The molecule has 0 saturated carbocycles. The van der Waals surface area contributed by atoms with Gasteiger partial charge in [0.1, 0.15) is 5.82 Å². The van der Waals surface area contributed by atoms with E-state index >= 15 is 0 Å². The molecule has 31 heavy (non-hydrogen) atoms. The average molecular weight is 442 g/mol. The minimum absolute atomic E-state index is 0.0883. The zero-order chi connectivity index (χ0) is 22.4. The maximum atomic E-state index is 12.9. The van der Waals surface area contributed by atoms with E-state index in [2.05, 4.69) is 15.8 Å². The number of anilines is 1. The summed E-state index contributed by atoms with van der Waals surface area (Å²) < 4.78 is 18.0. The third-order valence-electron chi connectivity index (χ3n) is 4.16. The second kappa shape index (κ2) is 9.73. The fourth-order valence-electron chi connectivity index (χ4n) is 2.56. The monoisotopic (exact) mass is 441 g/mol. The van der Waals surface area contributed by atoms with Gasteiger partial charge < -0.3 is 15.2 Å². The molecule has 0 aliphatic rings. The summed E-state index contributed by atoms with van der Waals surface area (Å²) in [5, 5.41) is 16.3. The van der Waals surface area contributed by atoms with Crippen LogP contribution in [0.2, 0.25) is 5.02 Å². The molecule has 3 aromatic rings. The number of phenols is 1. The lowest BCUT2D eigenvalue weighted by atomic mass is 10.1. The molecule has 3 rings (SSSR count). The van der Waals surface area contributed by atoms with Crippen molar-refractivity contribution < 1.29 is 23.8 Å². The van der Waals surface area contributed by atoms with Crippen LogP contribution in [0.3, 0.4) is 0 Å². The van der Waals surface area contributed by atoms with Gasteiger partial charge in [-0.05, 0) is 66.2 Å². The number of rotatable bonds is 6. The van der Waals surface area contributed by atoms with Crippen LogP contribution in [0, 0.1) is 5.82 Å². The van der Waals surface area contributed by atoms with Crippen molar-refractivity contribution >= 4 is 35.3 Å². The van der Waals surface area contributed by atoms with Gasteiger partial charge in [-0.3, -0.25) is 9.59 Å². The standard InChI is InChI=1S/C22H17ClFN3O4/c1-31-19-11-13(10-18(23)20(19)28)12-25-27-22(30)15-4-8-17(9-5-15)26-21(29)14-2-6-16(24)7-3-14/h2-12,28H,1H3,(H,26,29)(H,27,30)/b25-12-. The summed E-state index contributed by atoms with van der Waals surface area (Å²) in [5.41, 5.74) is 3.98. The maximum Gasteiger partial charge on any atom is 0.271 e. The Morgan fingerprint density at radius 3 is 2.29 bits per heavy atom. The number of nitrogens with one attached hydrogen (secondary N) is 2. The Bertz CT molecular complexity index is 1130. The number of carbonyl (C=O) groups is 2. The van der Waals surface area contributed by atoms with Crippen LogP contribution in [-0.2, 0) is 0 Å². The van der Waals surface area contributed by atoms with Crippen molar-refractivity contribution in [1.29, 1.82) is 0 Å². The smallest absolute Gasteiger partial charge is 0.271 e. The number of methoxy groups -OCH3 is 1. The van der Waals surface area contributed by atoms with E-state index in [1.165, 1.54) is 61.9 Å². The molecule has 0 saturated heterocycles. The minimum atomic E-state index is -0.468. The van der Waals surface area contributed by atoms with Gasteiger partial charge in [-0.15, -0.1) is 0 Å². The largest absolute Gasteiger partial charge is 0.503 e. The molecule has 0 bridgehead atoms. The second-order valence-electron chi connectivity index (χ2n) is 6.29. The molecule has 0 radical (unpaired) electrons. The van der Waals surface area contributed by atoms with Crippen LogP contribution >= 0.6 is 11.6 Å². The first-order valence-corrected chi connectivity index (χ1v) is 9.32. The SMILES string of the molecule is COc1cc(/C=N\NC(=O)c2ccc(NC(=O)c3ccc(F)cc3)cc2)cc(Cl)c1O. The summed E-state index contributed by atoms with van der Waals surface area (Å²) >= 11 is 5.91. The summed E-state index contributed by atoms with van der Waals surface area (Å²) in [5.74, 6) is -1.30. The van der Waals surface area contributed by atoms with Gasteiger partial charge in [-0.25, -0.2) is 9.82 Å². The molecule has 9 heteroatoms. The van der Waals surface area contributed by atoms with E-state index < -0.39 is 17.6 Å². The highest BCUT2D eigenvalue weighted by Crippen LogP contribution is 2.34. The summed E-state index contributed by atoms with van der Waals surface area (Å²) in [6, 6.07) is 14.3. The normalized spacial score (nSPS) is 10.7. The molecule has 2 amide bonds. The van der Waals surface area contributed by atoms with Gasteiger partial charge >= 0.3 is 0 Å². The Hall–Kier alpha value is -3.91. The van der Waals surface area contributed by atoms with Crippen LogP contribution in [-0.4, -0.2) is 30.2 Å².